The lowest BCUT2D eigenvalue weighted by Gasteiger charge is -2.31. The summed E-state index contributed by atoms with van der Waals surface area (Å²) in [5.41, 5.74) is 2.27. The number of benzene rings is 1. The van der Waals surface area contributed by atoms with Crippen molar-refractivity contribution >= 4 is 10.9 Å². The highest BCUT2D eigenvalue weighted by Gasteiger charge is 2.23. The van der Waals surface area contributed by atoms with Crippen molar-refractivity contribution in [3.05, 3.63) is 42.4 Å². The van der Waals surface area contributed by atoms with E-state index in [0.717, 1.165) is 63.6 Å². The van der Waals surface area contributed by atoms with E-state index in [1.54, 1.807) is 4.80 Å². The molecule has 2 aliphatic heterocycles. The number of nitrogens with zero attached hydrogens (tertiary/aromatic N) is 5. The van der Waals surface area contributed by atoms with Crippen LogP contribution < -0.4 is 4.74 Å². The lowest BCUT2D eigenvalue weighted by molar-refractivity contribution is 0.0972. The summed E-state index contributed by atoms with van der Waals surface area (Å²) < 4.78 is 14.4. The number of hydrogen-bond donors (Lipinski definition) is 0. The van der Waals surface area contributed by atoms with Crippen LogP contribution in [0.5, 0.6) is 5.75 Å². The van der Waals surface area contributed by atoms with E-state index in [-0.39, 0.29) is 6.10 Å². The number of rotatable bonds is 5. The Balaban J connectivity index is 1.24. The van der Waals surface area contributed by atoms with E-state index in [1.807, 2.05) is 13.2 Å². The Morgan fingerprint density at radius 1 is 1.18 bits per heavy atom. The van der Waals surface area contributed by atoms with Gasteiger partial charge in [-0.2, -0.15) is 15.0 Å². The minimum atomic E-state index is 0.266. The molecule has 0 spiro atoms. The van der Waals surface area contributed by atoms with Crippen molar-refractivity contribution in [3.8, 4) is 5.75 Å². The quantitative estimate of drug-likeness (QED) is 0.680. The molecule has 4 heterocycles. The fourth-order valence-corrected chi connectivity index (χ4v) is 4.38. The lowest BCUT2D eigenvalue weighted by Crippen LogP contribution is -2.37. The monoisotopic (exact) mass is 381 g/mol. The van der Waals surface area contributed by atoms with Crippen LogP contribution in [0.15, 0.2) is 36.7 Å². The SMILES string of the molecule is Cn1ncc(CN2CCC(Oc3cccc4c3ccn4C3CCOC3)CC2)n1. The molecule has 0 radical (unpaired) electrons. The maximum Gasteiger partial charge on any atom is 0.129 e. The Morgan fingerprint density at radius 2 is 2.07 bits per heavy atom. The molecule has 3 aromatic rings. The van der Waals surface area contributed by atoms with Crippen molar-refractivity contribution in [2.75, 3.05) is 26.3 Å². The second kappa shape index (κ2) is 7.56. The van der Waals surface area contributed by atoms with Gasteiger partial charge in [0.05, 0.1) is 30.1 Å². The Bertz CT molecular complexity index is 935. The van der Waals surface area contributed by atoms with Crippen LogP contribution in [0.25, 0.3) is 10.9 Å². The van der Waals surface area contributed by atoms with Gasteiger partial charge in [0.15, 0.2) is 0 Å². The third kappa shape index (κ3) is 3.52. The smallest absolute Gasteiger partial charge is 0.129 e. The third-order valence-corrected chi connectivity index (χ3v) is 5.88. The highest BCUT2D eigenvalue weighted by atomic mass is 16.5. The number of fused-ring (bicyclic) bond motifs is 1. The molecule has 0 bridgehead atoms. The second-order valence-electron chi connectivity index (χ2n) is 7.85. The van der Waals surface area contributed by atoms with Gasteiger partial charge in [-0.15, -0.1) is 0 Å². The molecule has 148 valence electrons. The van der Waals surface area contributed by atoms with E-state index in [2.05, 4.69) is 50.1 Å². The fourth-order valence-electron chi connectivity index (χ4n) is 4.38. The van der Waals surface area contributed by atoms with Crippen molar-refractivity contribution < 1.29 is 9.47 Å². The average Bonchev–Trinajstić information content (AvgIpc) is 3.44. The van der Waals surface area contributed by atoms with Crippen molar-refractivity contribution in [3.63, 3.8) is 0 Å². The second-order valence-corrected chi connectivity index (χ2v) is 7.85. The molecule has 1 unspecified atom stereocenters. The molecule has 0 aliphatic carbocycles. The van der Waals surface area contributed by atoms with Crippen LogP contribution >= 0.6 is 0 Å². The number of ether oxygens (including phenoxy) is 2. The number of aryl methyl sites for hydroxylation is 1. The van der Waals surface area contributed by atoms with E-state index in [4.69, 9.17) is 9.47 Å². The van der Waals surface area contributed by atoms with Gasteiger partial charge in [0, 0.05) is 44.9 Å². The summed E-state index contributed by atoms with van der Waals surface area (Å²) in [6.45, 7) is 4.57. The Kier molecular flexibility index (Phi) is 4.78. The summed E-state index contributed by atoms with van der Waals surface area (Å²) >= 11 is 0. The standard InChI is InChI=1S/C21H27N5O2/c1-24-22-13-16(23-24)14-25-9-5-18(6-10-25)28-21-4-2-3-20-19(21)7-11-26(20)17-8-12-27-15-17/h2-4,7,11,13,17-18H,5-6,8-10,12,14-15H2,1H3. The molecule has 0 amide bonds. The first-order chi connectivity index (χ1) is 13.8. The first kappa shape index (κ1) is 17.7. The largest absolute Gasteiger partial charge is 0.490 e. The zero-order chi connectivity index (χ0) is 18.9. The molecule has 2 aromatic heterocycles. The summed E-state index contributed by atoms with van der Waals surface area (Å²) in [5.74, 6) is 1.00. The van der Waals surface area contributed by atoms with E-state index in [0.29, 0.717) is 6.04 Å². The molecular weight excluding hydrogens is 354 g/mol. The fraction of sp³-hybridized carbons (Fsp3) is 0.524. The summed E-state index contributed by atoms with van der Waals surface area (Å²) in [7, 11) is 1.86. The Hall–Kier alpha value is -2.38. The zero-order valence-electron chi connectivity index (χ0n) is 16.3. The Morgan fingerprint density at radius 3 is 2.82 bits per heavy atom. The van der Waals surface area contributed by atoms with Gasteiger partial charge in [-0.3, -0.25) is 4.90 Å². The maximum absolute atomic E-state index is 6.44. The molecule has 2 saturated heterocycles. The van der Waals surface area contributed by atoms with Crippen LogP contribution in [0, 0.1) is 0 Å². The van der Waals surface area contributed by atoms with Crippen LogP contribution in [0.1, 0.15) is 31.0 Å². The van der Waals surface area contributed by atoms with Crippen LogP contribution in [0.4, 0.5) is 0 Å². The van der Waals surface area contributed by atoms with E-state index in [1.165, 1.54) is 10.9 Å². The molecule has 1 atom stereocenters. The maximum atomic E-state index is 6.44. The summed E-state index contributed by atoms with van der Waals surface area (Å²) in [6.07, 6.45) is 7.45. The van der Waals surface area contributed by atoms with E-state index < -0.39 is 0 Å². The molecule has 28 heavy (non-hydrogen) atoms. The molecule has 7 heteroatoms. The summed E-state index contributed by atoms with van der Waals surface area (Å²) in [5, 5.41) is 9.74. The van der Waals surface area contributed by atoms with Gasteiger partial charge in [0.2, 0.25) is 0 Å². The van der Waals surface area contributed by atoms with Crippen molar-refractivity contribution in [2.24, 2.45) is 7.05 Å². The number of likely N-dealkylation sites (tertiary alicyclic amines) is 1. The van der Waals surface area contributed by atoms with Gasteiger partial charge in [-0.1, -0.05) is 6.07 Å². The molecular formula is C21H27N5O2. The molecule has 7 nitrogen and oxygen atoms in total. The van der Waals surface area contributed by atoms with Crippen LogP contribution in [0.2, 0.25) is 0 Å². The molecule has 2 fully saturated rings. The lowest BCUT2D eigenvalue weighted by atomic mass is 10.1. The number of hydrogen-bond acceptors (Lipinski definition) is 5. The summed E-state index contributed by atoms with van der Waals surface area (Å²) in [4.78, 5) is 4.05. The predicted molar refractivity (Wildman–Crippen MR) is 106 cm³/mol. The van der Waals surface area contributed by atoms with Crippen LogP contribution in [0.3, 0.4) is 0 Å². The minimum absolute atomic E-state index is 0.266. The first-order valence-electron chi connectivity index (χ1n) is 10.2. The first-order valence-corrected chi connectivity index (χ1v) is 10.2. The highest BCUT2D eigenvalue weighted by molar-refractivity contribution is 5.86. The molecule has 2 aliphatic rings. The molecule has 0 N–H and O–H groups in total. The van der Waals surface area contributed by atoms with Gasteiger partial charge in [-0.05, 0) is 37.5 Å². The van der Waals surface area contributed by atoms with Crippen molar-refractivity contribution in [2.45, 2.75) is 38.0 Å². The van der Waals surface area contributed by atoms with Gasteiger partial charge in [-0.25, -0.2) is 0 Å². The topological polar surface area (TPSA) is 57.3 Å². The van der Waals surface area contributed by atoms with Gasteiger partial charge in [0.25, 0.3) is 0 Å². The van der Waals surface area contributed by atoms with Gasteiger partial charge >= 0.3 is 0 Å². The van der Waals surface area contributed by atoms with Crippen LogP contribution in [-0.2, 0) is 18.3 Å². The van der Waals surface area contributed by atoms with Crippen molar-refractivity contribution in [1.29, 1.82) is 0 Å². The Labute approximate surface area is 164 Å². The highest BCUT2D eigenvalue weighted by Crippen LogP contribution is 2.32. The summed E-state index contributed by atoms with van der Waals surface area (Å²) in [6, 6.07) is 9.02. The number of aromatic nitrogens is 4. The molecule has 1 aromatic carbocycles. The normalized spacial score (nSPS) is 21.5. The minimum Gasteiger partial charge on any atom is -0.490 e. The van der Waals surface area contributed by atoms with Crippen molar-refractivity contribution in [1.82, 2.24) is 24.5 Å². The third-order valence-electron chi connectivity index (χ3n) is 5.88. The van der Waals surface area contributed by atoms with E-state index >= 15 is 0 Å². The van der Waals surface area contributed by atoms with Gasteiger partial charge in [0.1, 0.15) is 11.9 Å². The zero-order valence-corrected chi connectivity index (χ0v) is 16.3. The predicted octanol–water partition coefficient (Wildman–Crippen LogP) is 2.77. The van der Waals surface area contributed by atoms with Crippen LogP contribution in [-0.4, -0.2) is 56.9 Å². The number of piperidine rings is 1. The average molecular weight is 381 g/mol. The van der Waals surface area contributed by atoms with E-state index in [9.17, 15) is 0 Å². The van der Waals surface area contributed by atoms with Gasteiger partial charge < -0.3 is 14.0 Å². The molecule has 5 rings (SSSR count). The molecule has 0 saturated carbocycles.